The van der Waals surface area contributed by atoms with Gasteiger partial charge in [0.1, 0.15) is 0 Å². The van der Waals surface area contributed by atoms with E-state index in [1.807, 2.05) is 54.6 Å². The number of carbonyl (C=O) groups excluding carboxylic acids is 1. The Morgan fingerprint density at radius 1 is 1.04 bits per heavy atom. The topological polar surface area (TPSA) is 64.6 Å². The summed E-state index contributed by atoms with van der Waals surface area (Å²) in [5, 5.41) is 15.7. The maximum atomic E-state index is 12.2. The van der Waals surface area contributed by atoms with Gasteiger partial charge in [0, 0.05) is 26.1 Å². The van der Waals surface area contributed by atoms with Crippen LogP contribution in [0, 0.1) is 0 Å². The number of aliphatic hydroxyl groups excluding tert-OH is 1. The molecule has 1 atom stereocenters. The highest BCUT2D eigenvalue weighted by atomic mass is 16.3. The Morgan fingerprint density at radius 2 is 1.72 bits per heavy atom. The summed E-state index contributed by atoms with van der Waals surface area (Å²) in [6.07, 6.45) is 2.28. The molecule has 1 unspecified atom stereocenters. The van der Waals surface area contributed by atoms with E-state index in [1.54, 1.807) is 0 Å². The van der Waals surface area contributed by atoms with Crippen molar-refractivity contribution in [2.45, 2.75) is 25.4 Å². The van der Waals surface area contributed by atoms with Crippen molar-refractivity contribution in [2.24, 2.45) is 0 Å². The number of amides is 2. The quantitative estimate of drug-likeness (QED) is 0.758. The molecule has 1 aliphatic rings. The second-order valence-electron chi connectivity index (χ2n) is 6.39. The van der Waals surface area contributed by atoms with E-state index in [-0.39, 0.29) is 12.6 Å². The predicted molar refractivity (Wildman–Crippen MR) is 101 cm³/mol. The van der Waals surface area contributed by atoms with Gasteiger partial charge in [0.2, 0.25) is 0 Å². The van der Waals surface area contributed by atoms with Crippen molar-refractivity contribution in [1.29, 1.82) is 0 Å². The van der Waals surface area contributed by atoms with Gasteiger partial charge in [-0.25, -0.2) is 4.79 Å². The number of urea groups is 1. The zero-order chi connectivity index (χ0) is 17.5. The van der Waals surface area contributed by atoms with E-state index in [0.717, 1.165) is 30.0 Å². The van der Waals surface area contributed by atoms with Gasteiger partial charge in [0.15, 0.2) is 0 Å². The third-order valence-corrected chi connectivity index (χ3v) is 4.41. The average Bonchev–Trinajstić information content (AvgIpc) is 3.16. The molecule has 0 bridgehead atoms. The second-order valence-corrected chi connectivity index (χ2v) is 6.39. The van der Waals surface area contributed by atoms with Gasteiger partial charge < -0.3 is 20.6 Å². The SMILES string of the molecule is O=C(NCC(O)Cc1ccccc1)Nc1ccccc1N1CCCC1. The first kappa shape index (κ1) is 17.3. The zero-order valence-electron chi connectivity index (χ0n) is 14.3. The number of benzene rings is 2. The van der Waals surface area contributed by atoms with Crippen molar-refractivity contribution in [3.8, 4) is 0 Å². The third kappa shape index (κ3) is 4.97. The molecule has 1 heterocycles. The van der Waals surface area contributed by atoms with Gasteiger partial charge in [-0.2, -0.15) is 0 Å². The Bertz CT molecular complexity index is 684. The number of anilines is 2. The van der Waals surface area contributed by atoms with E-state index in [4.69, 9.17) is 0 Å². The molecule has 5 nitrogen and oxygen atoms in total. The number of para-hydroxylation sites is 2. The molecule has 2 amide bonds. The van der Waals surface area contributed by atoms with Gasteiger partial charge >= 0.3 is 6.03 Å². The fourth-order valence-electron chi connectivity index (χ4n) is 3.15. The lowest BCUT2D eigenvalue weighted by Gasteiger charge is -2.21. The highest BCUT2D eigenvalue weighted by molar-refractivity contribution is 5.93. The number of hydrogen-bond donors (Lipinski definition) is 3. The van der Waals surface area contributed by atoms with E-state index >= 15 is 0 Å². The van der Waals surface area contributed by atoms with Gasteiger partial charge in [0.25, 0.3) is 0 Å². The first-order valence-electron chi connectivity index (χ1n) is 8.83. The molecule has 2 aromatic rings. The van der Waals surface area contributed by atoms with Crippen LogP contribution in [0.4, 0.5) is 16.2 Å². The monoisotopic (exact) mass is 339 g/mol. The number of aliphatic hydroxyl groups is 1. The van der Waals surface area contributed by atoms with Crippen molar-refractivity contribution >= 4 is 17.4 Å². The maximum absolute atomic E-state index is 12.2. The van der Waals surface area contributed by atoms with Crippen LogP contribution in [0.3, 0.4) is 0 Å². The minimum atomic E-state index is -0.609. The van der Waals surface area contributed by atoms with Crippen LogP contribution in [0.1, 0.15) is 18.4 Å². The summed E-state index contributed by atoms with van der Waals surface area (Å²) in [4.78, 5) is 14.5. The minimum absolute atomic E-state index is 0.215. The van der Waals surface area contributed by atoms with Crippen LogP contribution >= 0.6 is 0 Å². The number of rotatable bonds is 6. The van der Waals surface area contributed by atoms with Gasteiger partial charge in [0.05, 0.1) is 17.5 Å². The normalized spacial score (nSPS) is 15.0. The molecule has 0 aromatic heterocycles. The van der Waals surface area contributed by atoms with Crippen LogP contribution in [0.5, 0.6) is 0 Å². The molecular formula is C20H25N3O2. The molecule has 132 valence electrons. The number of nitrogens with zero attached hydrogens (tertiary/aromatic N) is 1. The molecule has 1 saturated heterocycles. The molecule has 2 aromatic carbocycles. The van der Waals surface area contributed by atoms with Crippen LogP contribution < -0.4 is 15.5 Å². The highest BCUT2D eigenvalue weighted by Crippen LogP contribution is 2.28. The summed E-state index contributed by atoms with van der Waals surface area (Å²) in [5.41, 5.74) is 2.91. The Kier molecular flexibility index (Phi) is 5.90. The largest absolute Gasteiger partial charge is 0.391 e. The van der Waals surface area contributed by atoms with E-state index in [2.05, 4.69) is 15.5 Å². The average molecular weight is 339 g/mol. The summed E-state index contributed by atoms with van der Waals surface area (Å²) in [6.45, 7) is 2.26. The molecule has 1 fully saturated rings. The predicted octanol–water partition coefficient (Wildman–Crippen LogP) is 3.01. The van der Waals surface area contributed by atoms with Crippen molar-refractivity contribution < 1.29 is 9.90 Å². The van der Waals surface area contributed by atoms with Crippen molar-refractivity contribution in [3.63, 3.8) is 0 Å². The molecular weight excluding hydrogens is 314 g/mol. The fraction of sp³-hybridized carbons (Fsp3) is 0.350. The molecule has 1 aliphatic heterocycles. The van der Waals surface area contributed by atoms with Crippen LogP contribution in [-0.4, -0.2) is 36.9 Å². The number of carbonyl (C=O) groups is 1. The molecule has 25 heavy (non-hydrogen) atoms. The molecule has 0 aliphatic carbocycles. The lowest BCUT2D eigenvalue weighted by molar-refractivity contribution is 0.172. The Balaban J connectivity index is 1.51. The van der Waals surface area contributed by atoms with E-state index in [0.29, 0.717) is 6.42 Å². The Morgan fingerprint density at radius 3 is 2.48 bits per heavy atom. The van der Waals surface area contributed by atoms with Crippen LogP contribution in [0.25, 0.3) is 0 Å². The number of nitrogens with one attached hydrogen (secondary N) is 2. The first-order chi connectivity index (χ1) is 12.2. The Hall–Kier alpha value is -2.53. The smallest absolute Gasteiger partial charge is 0.319 e. The zero-order valence-corrected chi connectivity index (χ0v) is 14.3. The summed E-state index contributed by atoms with van der Waals surface area (Å²) in [6, 6.07) is 17.3. The maximum Gasteiger partial charge on any atom is 0.319 e. The van der Waals surface area contributed by atoms with Crippen molar-refractivity contribution in [3.05, 3.63) is 60.2 Å². The van der Waals surface area contributed by atoms with Crippen molar-refractivity contribution in [2.75, 3.05) is 29.9 Å². The van der Waals surface area contributed by atoms with Gasteiger partial charge in [-0.05, 0) is 30.5 Å². The van der Waals surface area contributed by atoms with Crippen LogP contribution in [-0.2, 0) is 6.42 Å². The minimum Gasteiger partial charge on any atom is -0.391 e. The molecule has 0 radical (unpaired) electrons. The first-order valence-corrected chi connectivity index (χ1v) is 8.83. The highest BCUT2D eigenvalue weighted by Gasteiger charge is 2.16. The Labute approximate surface area is 148 Å². The number of hydrogen-bond acceptors (Lipinski definition) is 3. The lowest BCUT2D eigenvalue weighted by atomic mass is 10.1. The second kappa shape index (κ2) is 8.53. The van der Waals surface area contributed by atoms with Gasteiger partial charge in [-0.1, -0.05) is 42.5 Å². The summed E-state index contributed by atoms with van der Waals surface area (Å²) >= 11 is 0. The molecule has 3 N–H and O–H groups in total. The molecule has 0 spiro atoms. The lowest BCUT2D eigenvalue weighted by Crippen LogP contribution is -2.36. The molecule has 0 saturated carbocycles. The van der Waals surface area contributed by atoms with E-state index in [1.165, 1.54) is 12.8 Å². The third-order valence-electron chi connectivity index (χ3n) is 4.41. The van der Waals surface area contributed by atoms with E-state index in [9.17, 15) is 9.90 Å². The van der Waals surface area contributed by atoms with Crippen LogP contribution in [0.15, 0.2) is 54.6 Å². The summed E-state index contributed by atoms with van der Waals surface area (Å²) < 4.78 is 0. The summed E-state index contributed by atoms with van der Waals surface area (Å²) in [5.74, 6) is 0. The van der Waals surface area contributed by atoms with Gasteiger partial charge in [-0.3, -0.25) is 0 Å². The van der Waals surface area contributed by atoms with Crippen LogP contribution in [0.2, 0.25) is 0 Å². The fourth-order valence-corrected chi connectivity index (χ4v) is 3.15. The van der Waals surface area contributed by atoms with Gasteiger partial charge in [-0.15, -0.1) is 0 Å². The molecule has 5 heteroatoms. The molecule has 3 rings (SSSR count). The van der Waals surface area contributed by atoms with Crippen molar-refractivity contribution in [1.82, 2.24) is 5.32 Å². The van der Waals surface area contributed by atoms with E-state index < -0.39 is 6.10 Å². The standard InChI is InChI=1S/C20H25N3O2/c24-17(14-16-8-2-1-3-9-16)15-21-20(25)22-18-10-4-5-11-19(18)23-12-6-7-13-23/h1-5,8-11,17,24H,6-7,12-15H2,(H2,21,22,25). The summed E-state index contributed by atoms with van der Waals surface area (Å²) in [7, 11) is 0.